The zero-order chi connectivity index (χ0) is 21.2. The number of nitrogens with two attached hydrogens (primary N) is 1. The van der Waals surface area contributed by atoms with Crippen LogP contribution in [0.25, 0.3) is 0 Å². The molecule has 1 aromatic heterocycles. The van der Waals surface area contributed by atoms with Crippen LogP contribution >= 0.6 is 0 Å². The number of nitrogens with one attached hydrogen (secondary N) is 1. The summed E-state index contributed by atoms with van der Waals surface area (Å²) in [7, 11) is 0. The lowest BCUT2D eigenvalue weighted by Gasteiger charge is -2.36. The van der Waals surface area contributed by atoms with Gasteiger partial charge in [0.25, 0.3) is 0 Å². The third kappa shape index (κ3) is 4.80. The molecular formula is C23H28F3N3. The number of rotatable bonds is 7. The summed E-state index contributed by atoms with van der Waals surface area (Å²) >= 11 is 0. The van der Waals surface area contributed by atoms with E-state index < -0.39 is 11.7 Å². The highest BCUT2D eigenvalue weighted by atomic mass is 19.4. The Morgan fingerprint density at radius 1 is 1.24 bits per heavy atom. The summed E-state index contributed by atoms with van der Waals surface area (Å²) in [4.78, 5) is 3.94. The molecule has 0 radical (unpaired) electrons. The highest BCUT2D eigenvalue weighted by Crippen LogP contribution is 2.41. The number of pyridine rings is 1. The molecule has 1 aliphatic rings. The number of anilines is 1. The van der Waals surface area contributed by atoms with Crippen molar-refractivity contribution in [1.29, 1.82) is 5.41 Å². The fraction of sp³-hybridized carbons (Fsp3) is 0.478. The fourth-order valence-corrected chi connectivity index (χ4v) is 4.20. The lowest BCUT2D eigenvalue weighted by Crippen LogP contribution is -2.26. The van der Waals surface area contributed by atoms with Crippen LogP contribution < -0.4 is 5.73 Å². The Kier molecular flexibility index (Phi) is 6.30. The molecule has 1 saturated carbocycles. The van der Waals surface area contributed by atoms with Gasteiger partial charge in [-0.05, 0) is 48.9 Å². The smallest absolute Gasteiger partial charge is 0.399 e. The van der Waals surface area contributed by atoms with Gasteiger partial charge in [-0.3, -0.25) is 4.98 Å². The summed E-state index contributed by atoms with van der Waals surface area (Å²) in [6.45, 7) is 3.82. The molecule has 2 unspecified atom stereocenters. The normalized spacial score (nSPS) is 16.9. The van der Waals surface area contributed by atoms with Crippen molar-refractivity contribution in [3.05, 3.63) is 58.9 Å². The minimum atomic E-state index is -4.48. The average molecular weight is 403 g/mol. The van der Waals surface area contributed by atoms with Crippen molar-refractivity contribution < 1.29 is 13.2 Å². The van der Waals surface area contributed by atoms with Crippen LogP contribution in [0, 0.1) is 24.2 Å². The van der Waals surface area contributed by atoms with Gasteiger partial charge in [0.2, 0.25) is 0 Å². The van der Waals surface area contributed by atoms with Crippen molar-refractivity contribution >= 4 is 11.4 Å². The van der Waals surface area contributed by atoms with Gasteiger partial charge in [0, 0.05) is 34.8 Å². The number of hydrogen-bond acceptors (Lipinski definition) is 3. The van der Waals surface area contributed by atoms with Gasteiger partial charge >= 0.3 is 6.18 Å². The van der Waals surface area contributed by atoms with Crippen molar-refractivity contribution in [3.8, 4) is 0 Å². The second-order valence-electron chi connectivity index (χ2n) is 8.08. The van der Waals surface area contributed by atoms with E-state index in [-0.39, 0.29) is 17.2 Å². The Balaban J connectivity index is 1.99. The predicted octanol–water partition coefficient (Wildman–Crippen LogP) is 6.36. The Labute approximate surface area is 170 Å². The van der Waals surface area contributed by atoms with E-state index in [1.807, 2.05) is 12.1 Å². The van der Waals surface area contributed by atoms with Crippen LogP contribution in [-0.4, -0.2) is 10.7 Å². The minimum absolute atomic E-state index is 0.198. The number of nitrogens with zero attached hydrogens (tertiary/aromatic N) is 1. The number of aryl methyl sites for hydroxylation is 1. The van der Waals surface area contributed by atoms with E-state index in [9.17, 15) is 13.2 Å². The molecule has 6 heteroatoms. The summed E-state index contributed by atoms with van der Waals surface area (Å²) in [6.07, 6.45) is 1.75. The van der Waals surface area contributed by atoms with Gasteiger partial charge in [0.15, 0.2) is 0 Å². The van der Waals surface area contributed by atoms with Gasteiger partial charge < -0.3 is 11.1 Å². The molecule has 1 fully saturated rings. The van der Waals surface area contributed by atoms with Crippen LogP contribution in [-0.2, 0) is 6.18 Å². The molecule has 0 spiro atoms. The van der Waals surface area contributed by atoms with Crippen LogP contribution in [0.2, 0.25) is 0 Å². The molecule has 2 aromatic rings. The van der Waals surface area contributed by atoms with E-state index in [0.29, 0.717) is 23.2 Å². The molecule has 156 valence electrons. The lowest BCUT2D eigenvalue weighted by molar-refractivity contribution is -0.137. The first-order valence-electron chi connectivity index (χ1n) is 10.2. The monoisotopic (exact) mass is 403 g/mol. The maximum Gasteiger partial charge on any atom is 0.417 e. The highest BCUT2D eigenvalue weighted by Gasteiger charge is 2.34. The molecule has 3 N–H and O–H groups in total. The second-order valence-corrected chi connectivity index (χ2v) is 8.08. The van der Waals surface area contributed by atoms with Crippen molar-refractivity contribution in [3.63, 3.8) is 0 Å². The van der Waals surface area contributed by atoms with Gasteiger partial charge in [0.1, 0.15) is 0 Å². The summed E-state index contributed by atoms with van der Waals surface area (Å²) < 4.78 is 39.7. The summed E-state index contributed by atoms with van der Waals surface area (Å²) in [5.41, 5.74) is 7.46. The zero-order valence-corrected chi connectivity index (χ0v) is 16.9. The third-order valence-corrected chi connectivity index (χ3v) is 6.27. The molecule has 2 atom stereocenters. The quantitative estimate of drug-likeness (QED) is 0.417. The Hall–Kier alpha value is -2.37. The Bertz CT molecular complexity index is 855. The topological polar surface area (TPSA) is 62.8 Å². The summed E-state index contributed by atoms with van der Waals surface area (Å²) in [6, 6.07) is 8.42. The first-order valence-corrected chi connectivity index (χ1v) is 10.2. The van der Waals surface area contributed by atoms with E-state index in [1.54, 1.807) is 19.1 Å². The van der Waals surface area contributed by atoms with Crippen LogP contribution in [0.5, 0.6) is 0 Å². The van der Waals surface area contributed by atoms with E-state index in [1.165, 1.54) is 19.3 Å². The molecule has 0 aliphatic heterocycles. The zero-order valence-electron chi connectivity index (χ0n) is 16.9. The number of hydrogen-bond donors (Lipinski definition) is 2. The molecule has 0 saturated heterocycles. The molecule has 29 heavy (non-hydrogen) atoms. The Morgan fingerprint density at radius 3 is 2.41 bits per heavy atom. The molecule has 3 rings (SSSR count). The van der Waals surface area contributed by atoms with Crippen LogP contribution in [0.3, 0.4) is 0 Å². The summed E-state index contributed by atoms with van der Waals surface area (Å²) in [5.74, 6) is 0.806. The minimum Gasteiger partial charge on any atom is -0.399 e. The number of benzene rings is 1. The van der Waals surface area contributed by atoms with E-state index in [4.69, 9.17) is 11.1 Å². The predicted molar refractivity (Wildman–Crippen MR) is 110 cm³/mol. The molecule has 0 amide bonds. The van der Waals surface area contributed by atoms with Gasteiger partial charge in [-0.1, -0.05) is 44.7 Å². The van der Waals surface area contributed by atoms with Crippen LogP contribution in [0.4, 0.5) is 18.9 Å². The molecule has 1 heterocycles. The van der Waals surface area contributed by atoms with Crippen molar-refractivity contribution in [2.24, 2.45) is 11.8 Å². The number of halogens is 3. The number of alkyl halides is 3. The molecule has 0 bridgehead atoms. The Morgan fingerprint density at radius 2 is 1.90 bits per heavy atom. The number of aromatic nitrogens is 1. The van der Waals surface area contributed by atoms with Crippen LogP contribution in [0.1, 0.15) is 67.3 Å². The largest absolute Gasteiger partial charge is 0.417 e. The first kappa shape index (κ1) is 21.3. The molecule has 1 aliphatic carbocycles. The van der Waals surface area contributed by atoms with E-state index in [2.05, 4.69) is 11.9 Å². The maximum atomic E-state index is 13.2. The SMILES string of the molecule is CCC(CC(C(=N)c1cc(C(F)(F)F)cnc1C)c1ccc(N)cc1)C1CCC1. The fourth-order valence-electron chi connectivity index (χ4n) is 4.20. The van der Waals surface area contributed by atoms with Gasteiger partial charge in [-0.2, -0.15) is 13.2 Å². The third-order valence-electron chi connectivity index (χ3n) is 6.27. The van der Waals surface area contributed by atoms with E-state index >= 15 is 0 Å². The number of nitrogen functional groups attached to an aromatic ring is 1. The first-order chi connectivity index (χ1) is 13.7. The average Bonchev–Trinajstić information content (AvgIpc) is 2.63. The van der Waals surface area contributed by atoms with Crippen LogP contribution in [0.15, 0.2) is 36.5 Å². The lowest BCUT2D eigenvalue weighted by atomic mass is 9.69. The van der Waals surface area contributed by atoms with Gasteiger partial charge in [-0.25, -0.2) is 0 Å². The molecule has 1 aromatic carbocycles. The van der Waals surface area contributed by atoms with Crippen molar-refractivity contribution in [2.75, 3.05) is 5.73 Å². The summed E-state index contributed by atoms with van der Waals surface area (Å²) in [5, 5.41) is 8.87. The highest BCUT2D eigenvalue weighted by molar-refractivity contribution is 6.04. The second kappa shape index (κ2) is 8.56. The standard InChI is InChI=1S/C23H28F3N3/c1-3-15(16-5-4-6-16)11-21(17-7-9-19(27)10-8-17)22(28)20-12-18(23(24,25)26)13-29-14(20)2/h7-10,12-13,15-16,21,28H,3-6,11,27H2,1-2H3. The van der Waals surface area contributed by atoms with Gasteiger partial charge in [0.05, 0.1) is 5.56 Å². The van der Waals surface area contributed by atoms with Crippen molar-refractivity contribution in [1.82, 2.24) is 4.98 Å². The molecular weight excluding hydrogens is 375 g/mol. The van der Waals surface area contributed by atoms with Gasteiger partial charge in [-0.15, -0.1) is 0 Å². The maximum absolute atomic E-state index is 13.2. The molecule has 3 nitrogen and oxygen atoms in total. The van der Waals surface area contributed by atoms with E-state index in [0.717, 1.165) is 30.7 Å². The van der Waals surface area contributed by atoms with Crippen molar-refractivity contribution in [2.45, 2.75) is 58.0 Å².